The monoisotopic (exact) mass is 575 g/mol. The Labute approximate surface area is 237 Å². The van der Waals surface area contributed by atoms with Crippen LogP contribution in [0.5, 0.6) is 0 Å². The van der Waals surface area contributed by atoms with E-state index in [1.54, 1.807) is 23.0 Å². The Kier molecular flexibility index (Phi) is 8.13. The summed E-state index contributed by atoms with van der Waals surface area (Å²) < 4.78 is 30.0. The molecular formula is C29H29N5O6S. The van der Waals surface area contributed by atoms with E-state index >= 15 is 0 Å². The van der Waals surface area contributed by atoms with Crippen LogP contribution in [-0.2, 0) is 26.1 Å². The maximum absolute atomic E-state index is 12.5. The average molecular weight is 576 g/mol. The van der Waals surface area contributed by atoms with Gasteiger partial charge in [-0.05, 0) is 53.6 Å². The summed E-state index contributed by atoms with van der Waals surface area (Å²) in [5.74, 6) is -1.25. The molecule has 1 amide bonds. The molecule has 11 nitrogen and oxygen atoms in total. The Bertz CT molecular complexity index is 1620. The van der Waals surface area contributed by atoms with Crippen molar-refractivity contribution in [1.82, 2.24) is 20.3 Å². The van der Waals surface area contributed by atoms with Gasteiger partial charge in [0.25, 0.3) is 0 Å². The number of hydrogen-bond acceptors (Lipinski definition) is 7. The Morgan fingerprint density at radius 2 is 1.61 bits per heavy atom. The standard InChI is InChI=1S/C29H29N5O6S/c30-41(38,39)20-14-12-19(13-15-20)27-17-34(33-32-27)16-6-5-11-26(28(35)36)31-29(37)40-18-25-23-9-3-1-7-21(23)22-8-2-4-10-24(22)25/h1-4,7-10,12-15,17,25-26H,5-6,11,16,18H2,(H,31,37)(H,35,36)(H2,30,38,39)/t26-/m0/s1. The van der Waals surface area contributed by atoms with Gasteiger partial charge in [-0.25, -0.2) is 23.1 Å². The highest BCUT2D eigenvalue weighted by molar-refractivity contribution is 7.89. The quantitative estimate of drug-likeness (QED) is 0.227. The fourth-order valence-electron chi connectivity index (χ4n) is 5.02. The van der Waals surface area contributed by atoms with E-state index in [1.807, 2.05) is 48.5 Å². The number of primary sulfonamides is 1. The number of nitrogens with zero attached hydrogens (tertiary/aromatic N) is 3. The van der Waals surface area contributed by atoms with E-state index in [4.69, 9.17) is 9.88 Å². The van der Waals surface area contributed by atoms with Gasteiger partial charge in [-0.3, -0.25) is 4.68 Å². The molecule has 0 bridgehead atoms. The number of carboxylic acid groups (broad SMARTS) is 1. The zero-order valence-corrected chi connectivity index (χ0v) is 22.8. The van der Waals surface area contributed by atoms with E-state index in [0.29, 0.717) is 30.6 Å². The molecule has 4 N–H and O–H groups in total. The number of hydrogen-bond donors (Lipinski definition) is 3. The number of sulfonamides is 1. The molecule has 4 aromatic rings. The molecule has 1 atom stereocenters. The van der Waals surface area contributed by atoms with Crippen LogP contribution in [0.1, 0.15) is 36.3 Å². The second-order valence-electron chi connectivity index (χ2n) is 9.79. The zero-order valence-electron chi connectivity index (χ0n) is 22.0. The number of rotatable bonds is 11. The third-order valence-corrected chi connectivity index (χ3v) is 8.01. The summed E-state index contributed by atoms with van der Waals surface area (Å²) in [4.78, 5) is 24.3. The molecule has 12 heteroatoms. The molecule has 1 heterocycles. The van der Waals surface area contributed by atoms with Crippen LogP contribution in [0.15, 0.2) is 83.9 Å². The molecule has 0 unspecified atom stereocenters. The number of aromatic nitrogens is 3. The molecule has 1 aliphatic carbocycles. The van der Waals surface area contributed by atoms with Crippen LogP contribution in [0.25, 0.3) is 22.4 Å². The van der Waals surface area contributed by atoms with Gasteiger partial charge in [0.15, 0.2) is 0 Å². The summed E-state index contributed by atoms with van der Waals surface area (Å²) in [7, 11) is -3.78. The van der Waals surface area contributed by atoms with E-state index in [0.717, 1.165) is 22.3 Å². The molecule has 0 saturated carbocycles. The highest BCUT2D eigenvalue weighted by Crippen LogP contribution is 2.44. The highest BCUT2D eigenvalue weighted by Gasteiger charge is 2.29. The second kappa shape index (κ2) is 11.9. The molecular weight excluding hydrogens is 546 g/mol. The maximum atomic E-state index is 12.5. The van der Waals surface area contributed by atoms with Crippen LogP contribution in [0.4, 0.5) is 4.79 Å². The Morgan fingerprint density at radius 3 is 2.22 bits per heavy atom. The number of aryl methyl sites for hydroxylation is 1. The molecule has 3 aromatic carbocycles. The van der Waals surface area contributed by atoms with Crippen molar-refractivity contribution in [1.29, 1.82) is 0 Å². The van der Waals surface area contributed by atoms with Crippen molar-refractivity contribution >= 4 is 22.1 Å². The summed E-state index contributed by atoms with van der Waals surface area (Å²) in [5, 5.41) is 25.4. The first-order valence-corrected chi connectivity index (χ1v) is 14.6. The molecule has 0 fully saturated rings. The Balaban J connectivity index is 1.10. The van der Waals surface area contributed by atoms with Crippen molar-refractivity contribution in [2.75, 3.05) is 6.61 Å². The molecule has 1 aliphatic rings. The van der Waals surface area contributed by atoms with Crippen molar-refractivity contribution in [2.45, 2.75) is 42.7 Å². The van der Waals surface area contributed by atoms with Crippen molar-refractivity contribution in [3.05, 3.63) is 90.1 Å². The summed E-state index contributed by atoms with van der Waals surface area (Å²) in [6.07, 6.45) is 2.28. The first-order chi connectivity index (χ1) is 19.7. The topological polar surface area (TPSA) is 166 Å². The number of fused-ring (bicyclic) bond motifs is 3. The van der Waals surface area contributed by atoms with Gasteiger partial charge in [0.05, 0.1) is 11.1 Å². The second-order valence-corrected chi connectivity index (χ2v) is 11.4. The Morgan fingerprint density at radius 1 is 0.976 bits per heavy atom. The SMILES string of the molecule is NS(=O)(=O)c1ccc(-c2cn(CCCC[C@H](NC(=O)OCC3c4ccccc4-c4ccccc43)C(=O)O)nn2)cc1. The van der Waals surface area contributed by atoms with Gasteiger partial charge >= 0.3 is 12.1 Å². The molecule has 0 saturated heterocycles. The van der Waals surface area contributed by atoms with Gasteiger partial charge in [-0.2, -0.15) is 0 Å². The number of alkyl carbamates (subject to hydrolysis) is 1. The molecule has 41 heavy (non-hydrogen) atoms. The van der Waals surface area contributed by atoms with Gasteiger partial charge in [0.2, 0.25) is 10.0 Å². The summed E-state index contributed by atoms with van der Waals surface area (Å²) in [6.45, 7) is 0.588. The lowest BCUT2D eigenvalue weighted by molar-refractivity contribution is -0.139. The van der Waals surface area contributed by atoms with E-state index in [2.05, 4.69) is 15.6 Å². The molecule has 0 radical (unpaired) electrons. The van der Waals surface area contributed by atoms with Gasteiger partial charge in [-0.15, -0.1) is 5.10 Å². The third-order valence-electron chi connectivity index (χ3n) is 7.08. The Hall–Kier alpha value is -4.55. The van der Waals surface area contributed by atoms with Crippen molar-refractivity contribution in [2.24, 2.45) is 5.14 Å². The number of benzene rings is 3. The van der Waals surface area contributed by atoms with Crippen LogP contribution >= 0.6 is 0 Å². The minimum atomic E-state index is -3.78. The minimum absolute atomic E-state index is 0.00770. The average Bonchev–Trinajstić information content (AvgIpc) is 3.56. The van der Waals surface area contributed by atoms with Gasteiger partial charge in [0, 0.05) is 18.0 Å². The number of nitrogens with one attached hydrogen (secondary N) is 1. The first-order valence-electron chi connectivity index (χ1n) is 13.1. The number of carbonyl (C=O) groups excluding carboxylic acids is 1. The first kappa shape index (κ1) is 28.0. The number of nitrogens with two attached hydrogens (primary N) is 1. The minimum Gasteiger partial charge on any atom is -0.480 e. The fourth-order valence-corrected chi connectivity index (χ4v) is 5.53. The number of amides is 1. The van der Waals surface area contributed by atoms with E-state index in [-0.39, 0.29) is 23.8 Å². The van der Waals surface area contributed by atoms with Gasteiger partial charge < -0.3 is 15.2 Å². The molecule has 0 aliphatic heterocycles. The number of aliphatic carboxylic acids is 1. The number of carbonyl (C=O) groups is 2. The molecule has 212 valence electrons. The van der Waals surface area contributed by atoms with Crippen molar-refractivity contribution in [3.8, 4) is 22.4 Å². The number of ether oxygens (including phenoxy) is 1. The zero-order chi connectivity index (χ0) is 29.0. The van der Waals surface area contributed by atoms with Crippen LogP contribution in [0.3, 0.4) is 0 Å². The van der Waals surface area contributed by atoms with E-state index in [9.17, 15) is 23.1 Å². The van der Waals surface area contributed by atoms with Crippen LogP contribution in [-0.4, -0.2) is 53.2 Å². The molecule has 5 rings (SSSR count). The maximum Gasteiger partial charge on any atom is 0.407 e. The van der Waals surface area contributed by atoms with Crippen LogP contribution in [0, 0.1) is 0 Å². The normalized spacial score (nSPS) is 13.3. The number of unbranched alkanes of at least 4 members (excludes halogenated alkanes) is 1. The summed E-state index contributed by atoms with van der Waals surface area (Å²) >= 11 is 0. The number of carboxylic acids is 1. The van der Waals surface area contributed by atoms with Crippen molar-refractivity contribution in [3.63, 3.8) is 0 Å². The van der Waals surface area contributed by atoms with Crippen LogP contribution in [0.2, 0.25) is 0 Å². The van der Waals surface area contributed by atoms with Gasteiger partial charge in [0.1, 0.15) is 18.3 Å². The lowest BCUT2D eigenvalue weighted by Crippen LogP contribution is -2.41. The van der Waals surface area contributed by atoms with Gasteiger partial charge in [-0.1, -0.05) is 65.9 Å². The lowest BCUT2D eigenvalue weighted by atomic mass is 9.98. The fraction of sp³-hybridized carbons (Fsp3) is 0.241. The predicted octanol–water partition coefficient (Wildman–Crippen LogP) is 3.75. The predicted molar refractivity (Wildman–Crippen MR) is 150 cm³/mol. The largest absolute Gasteiger partial charge is 0.480 e. The third kappa shape index (κ3) is 6.44. The smallest absolute Gasteiger partial charge is 0.407 e. The van der Waals surface area contributed by atoms with Crippen LogP contribution < -0.4 is 10.5 Å². The lowest BCUT2D eigenvalue weighted by Gasteiger charge is -2.17. The molecule has 1 aromatic heterocycles. The van der Waals surface area contributed by atoms with E-state index < -0.39 is 28.1 Å². The molecule has 0 spiro atoms. The highest BCUT2D eigenvalue weighted by atomic mass is 32.2. The summed E-state index contributed by atoms with van der Waals surface area (Å²) in [5.41, 5.74) is 5.62. The summed E-state index contributed by atoms with van der Waals surface area (Å²) in [6, 6.07) is 20.9. The van der Waals surface area contributed by atoms with Crippen molar-refractivity contribution < 1.29 is 27.9 Å². The van der Waals surface area contributed by atoms with E-state index in [1.165, 1.54) is 12.1 Å².